The van der Waals surface area contributed by atoms with Crippen LogP contribution in [0.4, 0.5) is 5.69 Å². The van der Waals surface area contributed by atoms with Gasteiger partial charge in [0.2, 0.25) is 0 Å². The number of rotatable bonds is 8. The van der Waals surface area contributed by atoms with E-state index in [-0.39, 0.29) is 0 Å². The van der Waals surface area contributed by atoms with E-state index in [0.717, 1.165) is 30.1 Å². The van der Waals surface area contributed by atoms with Gasteiger partial charge < -0.3 is 15.0 Å². The first-order valence-electron chi connectivity index (χ1n) is 7.37. The Morgan fingerprint density at radius 1 is 1.45 bits per heavy atom. The quantitative estimate of drug-likeness (QED) is 0.732. The van der Waals surface area contributed by atoms with Crippen LogP contribution in [0.15, 0.2) is 22.7 Å². The molecular weight excluding hydrogens is 316 g/mol. The number of hydrogen-bond donors (Lipinski definition) is 1. The van der Waals surface area contributed by atoms with Gasteiger partial charge in [0.05, 0.1) is 12.3 Å². The summed E-state index contributed by atoms with van der Waals surface area (Å²) in [6.45, 7) is 4.82. The highest BCUT2D eigenvalue weighted by atomic mass is 79.9. The monoisotopic (exact) mass is 340 g/mol. The number of anilines is 1. The fourth-order valence-corrected chi connectivity index (χ4v) is 2.82. The molecule has 3 nitrogen and oxygen atoms in total. The third-order valence-corrected chi connectivity index (χ3v) is 4.57. The zero-order chi connectivity index (χ0) is 14.5. The van der Waals surface area contributed by atoms with Crippen LogP contribution in [0.1, 0.15) is 31.4 Å². The summed E-state index contributed by atoms with van der Waals surface area (Å²) in [5.41, 5.74) is 2.51. The van der Waals surface area contributed by atoms with E-state index < -0.39 is 0 Å². The number of halogens is 1. The molecule has 20 heavy (non-hydrogen) atoms. The third kappa shape index (κ3) is 4.47. The Morgan fingerprint density at radius 2 is 2.20 bits per heavy atom. The minimum absolute atomic E-state index is 0.368. The van der Waals surface area contributed by atoms with Crippen molar-refractivity contribution >= 4 is 21.6 Å². The maximum Gasteiger partial charge on any atom is 0.0641 e. The molecule has 0 heterocycles. The van der Waals surface area contributed by atoms with Crippen molar-refractivity contribution in [2.45, 2.75) is 25.8 Å². The van der Waals surface area contributed by atoms with Crippen LogP contribution in [0, 0.1) is 5.92 Å². The van der Waals surface area contributed by atoms with Crippen molar-refractivity contribution in [1.29, 1.82) is 0 Å². The third-order valence-electron chi connectivity index (χ3n) is 3.94. The Balaban J connectivity index is 1.86. The average molecular weight is 341 g/mol. The molecule has 112 valence electrons. The van der Waals surface area contributed by atoms with E-state index in [4.69, 9.17) is 4.74 Å². The molecule has 1 aromatic carbocycles. The number of benzene rings is 1. The summed E-state index contributed by atoms with van der Waals surface area (Å²) in [6, 6.07) is 6.92. The summed E-state index contributed by atoms with van der Waals surface area (Å²) >= 11 is 3.68. The first-order valence-corrected chi connectivity index (χ1v) is 8.16. The number of ether oxygens (including phenoxy) is 1. The Labute approximate surface area is 130 Å². The fourth-order valence-electron chi connectivity index (χ4n) is 2.13. The molecule has 0 amide bonds. The van der Waals surface area contributed by atoms with Gasteiger partial charge in [0.25, 0.3) is 0 Å². The molecule has 1 unspecified atom stereocenters. The molecule has 1 atom stereocenters. The summed E-state index contributed by atoms with van der Waals surface area (Å²) in [4.78, 5) is 2.24. The van der Waals surface area contributed by atoms with Gasteiger partial charge >= 0.3 is 0 Å². The van der Waals surface area contributed by atoms with Crippen molar-refractivity contribution in [1.82, 2.24) is 5.32 Å². The SMILES string of the molecule is CNC(C)c1ccc(N(C)CCOCC2CC2)c(Br)c1. The Kier molecular flexibility index (Phi) is 5.87. The first kappa shape index (κ1) is 15.8. The van der Waals surface area contributed by atoms with E-state index in [0.29, 0.717) is 6.04 Å². The molecule has 0 aromatic heterocycles. The van der Waals surface area contributed by atoms with E-state index in [9.17, 15) is 0 Å². The van der Waals surface area contributed by atoms with Crippen molar-refractivity contribution in [3.8, 4) is 0 Å². The number of nitrogens with zero attached hydrogens (tertiary/aromatic N) is 1. The van der Waals surface area contributed by atoms with Crippen LogP contribution in [0.3, 0.4) is 0 Å². The van der Waals surface area contributed by atoms with Crippen LogP contribution in [0.25, 0.3) is 0 Å². The van der Waals surface area contributed by atoms with Crippen LogP contribution in [0.5, 0.6) is 0 Å². The second-order valence-corrected chi connectivity index (χ2v) is 6.52. The molecule has 1 aliphatic carbocycles. The maximum absolute atomic E-state index is 5.70. The summed E-state index contributed by atoms with van der Waals surface area (Å²) in [6.07, 6.45) is 2.71. The topological polar surface area (TPSA) is 24.5 Å². The van der Waals surface area contributed by atoms with Crippen molar-refractivity contribution in [2.24, 2.45) is 5.92 Å². The van der Waals surface area contributed by atoms with Gasteiger partial charge in [0, 0.05) is 30.7 Å². The molecule has 4 heteroatoms. The number of likely N-dealkylation sites (N-methyl/N-ethyl adjacent to an activating group) is 1. The van der Waals surface area contributed by atoms with Crippen molar-refractivity contribution < 1.29 is 4.74 Å². The molecule has 1 aromatic rings. The summed E-state index contributed by atoms with van der Waals surface area (Å²) in [5, 5.41) is 3.26. The predicted molar refractivity (Wildman–Crippen MR) is 88.4 cm³/mol. The highest BCUT2D eigenvalue weighted by Crippen LogP contribution is 2.30. The standard InChI is InChI=1S/C16H25BrN2O/c1-12(18-2)14-6-7-16(15(17)10-14)19(3)8-9-20-11-13-4-5-13/h6-7,10,12-13,18H,4-5,8-9,11H2,1-3H3. The molecule has 1 saturated carbocycles. The van der Waals surface area contributed by atoms with E-state index >= 15 is 0 Å². The van der Waals surface area contributed by atoms with Gasteiger partial charge in [0.15, 0.2) is 0 Å². The zero-order valence-electron chi connectivity index (χ0n) is 12.7. The Morgan fingerprint density at radius 3 is 2.80 bits per heavy atom. The van der Waals surface area contributed by atoms with Crippen LogP contribution >= 0.6 is 15.9 Å². The normalized spacial score (nSPS) is 16.2. The lowest BCUT2D eigenvalue weighted by atomic mass is 10.1. The van der Waals surface area contributed by atoms with Gasteiger partial charge in [-0.05, 0) is 66.4 Å². The van der Waals surface area contributed by atoms with Gasteiger partial charge in [-0.1, -0.05) is 6.07 Å². The van der Waals surface area contributed by atoms with E-state index in [1.165, 1.54) is 24.1 Å². The van der Waals surface area contributed by atoms with Gasteiger partial charge in [-0.25, -0.2) is 0 Å². The molecule has 0 aliphatic heterocycles. The molecule has 2 rings (SSSR count). The minimum Gasteiger partial charge on any atom is -0.379 e. The van der Waals surface area contributed by atoms with Gasteiger partial charge in [-0.3, -0.25) is 0 Å². The largest absolute Gasteiger partial charge is 0.379 e. The highest BCUT2D eigenvalue weighted by Gasteiger charge is 2.21. The van der Waals surface area contributed by atoms with Crippen molar-refractivity contribution in [2.75, 3.05) is 38.8 Å². The second-order valence-electron chi connectivity index (χ2n) is 5.66. The van der Waals surface area contributed by atoms with Crippen LogP contribution in [-0.4, -0.2) is 33.9 Å². The molecule has 1 fully saturated rings. The minimum atomic E-state index is 0.368. The molecule has 0 radical (unpaired) electrons. The summed E-state index contributed by atoms with van der Waals surface area (Å²) < 4.78 is 6.84. The Bertz CT molecular complexity index is 434. The second kappa shape index (κ2) is 7.43. The highest BCUT2D eigenvalue weighted by molar-refractivity contribution is 9.10. The molecule has 1 N–H and O–H groups in total. The van der Waals surface area contributed by atoms with E-state index in [2.05, 4.69) is 58.3 Å². The number of hydrogen-bond acceptors (Lipinski definition) is 3. The molecule has 0 bridgehead atoms. The lowest BCUT2D eigenvalue weighted by molar-refractivity contribution is 0.131. The molecule has 0 saturated heterocycles. The first-order chi connectivity index (χ1) is 9.61. The summed E-state index contributed by atoms with van der Waals surface area (Å²) in [5.74, 6) is 0.842. The van der Waals surface area contributed by atoms with E-state index in [1.54, 1.807) is 0 Å². The molecule has 1 aliphatic rings. The van der Waals surface area contributed by atoms with Gasteiger partial charge in [-0.15, -0.1) is 0 Å². The van der Waals surface area contributed by atoms with E-state index in [1.807, 2.05) is 7.05 Å². The fraction of sp³-hybridized carbons (Fsp3) is 0.625. The Hall–Kier alpha value is -0.580. The number of nitrogens with one attached hydrogen (secondary N) is 1. The lowest BCUT2D eigenvalue weighted by Crippen LogP contribution is -2.23. The van der Waals surface area contributed by atoms with Crippen LogP contribution < -0.4 is 10.2 Å². The van der Waals surface area contributed by atoms with Crippen LogP contribution in [0.2, 0.25) is 0 Å². The zero-order valence-corrected chi connectivity index (χ0v) is 14.2. The average Bonchev–Trinajstić information content (AvgIpc) is 3.26. The van der Waals surface area contributed by atoms with Gasteiger partial charge in [-0.2, -0.15) is 0 Å². The summed E-state index contributed by atoms with van der Waals surface area (Å²) in [7, 11) is 4.09. The maximum atomic E-state index is 5.70. The molecular formula is C16H25BrN2O. The smallest absolute Gasteiger partial charge is 0.0641 e. The molecule has 0 spiro atoms. The van der Waals surface area contributed by atoms with Gasteiger partial charge in [0.1, 0.15) is 0 Å². The van der Waals surface area contributed by atoms with Crippen LogP contribution in [-0.2, 0) is 4.74 Å². The predicted octanol–water partition coefficient (Wildman–Crippen LogP) is 3.59. The lowest BCUT2D eigenvalue weighted by Gasteiger charge is -2.22. The van der Waals surface area contributed by atoms with Crippen molar-refractivity contribution in [3.05, 3.63) is 28.2 Å². The van der Waals surface area contributed by atoms with Crippen molar-refractivity contribution in [3.63, 3.8) is 0 Å².